The van der Waals surface area contributed by atoms with Crippen LogP contribution in [0.3, 0.4) is 0 Å². The first-order valence-corrected chi connectivity index (χ1v) is 8.95. The van der Waals surface area contributed by atoms with Crippen LogP contribution < -0.4 is 15.4 Å². The number of carbonyl (C=O) groups is 1. The fraction of sp³-hybridized carbons (Fsp3) is 0.381. The Kier molecular flexibility index (Phi) is 7.95. The Morgan fingerprint density at radius 1 is 1.12 bits per heavy atom. The van der Waals surface area contributed by atoms with Gasteiger partial charge in [0.25, 0.3) is 0 Å². The van der Waals surface area contributed by atoms with Gasteiger partial charge in [0.05, 0.1) is 7.11 Å². The molecule has 26 heavy (non-hydrogen) atoms. The third-order valence-corrected chi connectivity index (χ3v) is 4.81. The summed E-state index contributed by atoms with van der Waals surface area (Å²) in [6.45, 7) is 2.73. The molecule has 0 bridgehead atoms. The molecule has 0 saturated carbocycles. The maximum absolute atomic E-state index is 12.0. The summed E-state index contributed by atoms with van der Waals surface area (Å²) in [5.41, 5.74) is 3.43. The Hall–Kier alpha value is -2.04. The van der Waals surface area contributed by atoms with Crippen LogP contribution in [0.25, 0.3) is 11.1 Å². The average molecular weight is 375 g/mol. The number of rotatable bonds is 7. The van der Waals surface area contributed by atoms with Gasteiger partial charge < -0.3 is 15.4 Å². The van der Waals surface area contributed by atoms with Crippen LogP contribution in [0.2, 0.25) is 0 Å². The number of hydrogen-bond acceptors (Lipinski definition) is 3. The van der Waals surface area contributed by atoms with Gasteiger partial charge in [0.15, 0.2) is 0 Å². The minimum Gasteiger partial charge on any atom is -0.497 e. The fourth-order valence-electron chi connectivity index (χ4n) is 3.18. The fourth-order valence-corrected chi connectivity index (χ4v) is 3.18. The van der Waals surface area contributed by atoms with E-state index >= 15 is 0 Å². The van der Waals surface area contributed by atoms with Gasteiger partial charge in [-0.3, -0.25) is 4.79 Å². The van der Waals surface area contributed by atoms with Gasteiger partial charge in [-0.2, -0.15) is 0 Å². The van der Waals surface area contributed by atoms with Gasteiger partial charge >= 0.3 is 0 Å². The highest BCUT2D eigenvalue weighted by molar-refractivity contribution is 5.85. The molecule has 1 saturated heterocycles. The van der Waals surface area contributed by atoms with Crippen molar-refractivity contribution in [3.05, 3.63) is 54.1 Å². The Morgan fingerprint density at radius 2 is 1.77 bits per heavy atom. The molecular formula is C21H27ClN2O2. The van der Waals surface area contributed by atoms with Gasteiger partial charge in [-0.1, -0.05) is 36.4 Å². The van der Waals surface area contributed by atoms with Crippen molar-refractivity contribution in [2.45, 2.75) is 25.8 Å². The van der Waals surface area contributed by atoms with Crippen molar-refractivity contribution in [3.8, 4) is 16.9 Å². The smallest absolute Gasteiger partial charge is 0.220 e. The molecule has 3 rings (SSSR count). The van der Waals surface area contributed by atoms with Crippen LogP contribution in [0.5, 0.6) is 5.75 Å². The van der Waals surface area contributed by atoms with Crippen molar-refractivity contribution in [2.75, 3.05) is 20.2 Å². The van der Waals surface area contributed by atoms with Crippen LogP contribution in [0, 0.1) is 5.92 Å². The summed E-state index contributed by atoms with van der Waals surface area (Å²) >= 11 is 0. The summed E-state index contributed by atoms with van der Waals surface area (Å²) in [6.07, 6.45) is 2.80. The van der Waals surface area contributed by atoms with E-state index in [-0.39, 0.29) is 18.3 Å². The van der Waals surface area contributed by atoms with Crippen LogP contribution in [0.15, 0.2) is 48.5 Å². The molecule has 2 aromatic carbocycles. The van der Waals surface area contributed by atoms with Crippen molar-refractivity contribution in [1.29, 1.82) is 0 Å². The second-order valence-electron chi connectivity index (χ2n) is 6.60. The zero-order valence-electron chi connectivity index (χ0n) is 15.2. The predicted molar refractivity (Wildman–Crippen MR) is 108 cm³/mol. The molecule has 0 aliphatic carbocycles. The first kappa shape index (κ1) is 20.3. The van der Waals surface area contributed by atoms with E-state index in [1.807, 2.05) is 24.3 Å². The van der Waals surface area contributed by atoms with Crippen molar-refractivity contribution < 1.29 is 9.53 Å². The molecule has 1 aliphatic rings. The minimum atomic E-state index is 0. The van der Waals surface area contributed by atoms with Crippen LogP contribution >= 0.6 is 12.4 Å². The van der Waals surface area contributed by atoms with Gasteiger partial charge in [-0.25, -0.2) is 0 Å². The maximum atomic E-state index is 12.0. The summed E-state index contributed by atoms with van der Waals surface area (Å²) in [7, 11) is 1.67. The molecule has 2 aromatic rings. The van der Waals surface area contributed by atoms with Crippen molar-refractivity contribution in [1.82, 2.24) is 10.6 Å². The molecular weight excluding hydrogens is 348 g/mol. The van der Waals surface area contributed by atoms with Crippen LogP contribution in [-0.2, 0) is 11.3 Å². The number of benzene rings is 2. The number of carbonyl (C=O) groups excluding carboxylic acids is 1. The summed E-state index contributed by atoms with van der Waals surface area (Å²) < 4.78 is 5.19. The molecule has 0 aromatic heterocycles. The second-order valence-corrected chi connectivity index (χ2v) is 6.60. The molecule has 140 valence electrons. The number of amides is 1. The van der Waals surface area contributed by atoms with E-state index in [4.69, 9.17) is 4.74 Å². The van der Waals surface area contributed by atoms with E-state index in [2.05, 4.69) is 34.9 Å². The summed E-state index contributed by atoms with van der Waals surface area (Å²) in [4.78, 5) is 12.0. The summed E-state index contributed by atoms with van der Waals surface area (Å²) in [5, 5.41) is 6.36. The lowest BCUT2D eigenvalue weighted by molar-refractivity contribution is -0.121. The quantitative estimate of drug-likeness (QED) is 0.775. The molecule has 2 N–H and O–H groups in total. The summed E-state index contributed by atoms with van der Waals surface area (Å²) in [6, 6.07) is 16.3. The zero-order chi connectivity index (χ0) is 17.5. The molecule has 1 unspecified atom stereocenters. The maximum Gasteiger partial charge on any atom is 0.220 e. The summed E-state index contributed by atoms with van der Waals surface area (Å²) in [5.74, 6) is 1.66. The number of nitrogens with one attached hydrogen (secondary N) is 2. The van der Waals surface area contributed by atoms with Gasteiger partial charge in [-0.05, 0) is 60.7 Å². The van der Waals surface area contributed by atoms with Crippen LogP contribution in [0.4, 0.5) is 0 Å². The third kappa shape index (κ3) is 5.75. The van der Waals surface area contributed by atoms with E-state index in [9.17, 15) is 4.79 Å². The molecule has 1 atom stereocenters. The highest BCUT2D eigenvalue weighted by atomic mass is 35.5. The standard InChI is InChI=1S/C21H26N2O2.ClH/c1-25-20-9-7-19(8-10-20)18-5-2-16(3-6-18)15-23-21(24)11-4-17-12-13-22-14-17;/h2-3,5-10,17,22H,4,11-15H2,1H3,(H,23,24);1H. The molecule has 4 nitrogen and oxygen atoms in total. The molecule has 1 fully saturated rings. The SMILES string of the molecule is COc1ccc(-c2ccc(CNC(=O)CCC3CCNC3)cc2)cc1.Cl. The lowest BCUT2D eigenvalue weighted by Gasteiger charge is -2.09. The first-order chi connectivity index (χ1) is 12.2. The van der Waals surface area contributed by atoms with Crippen molar-refractivity contribution in [2.24, 2.45) is 5.92 Å². The lowest BCUT2D eigenvalue weighted by Crippen LogP contribution is -2.23. The number of ether oxygens (including phenoxy) is 1. The normalized spacial score (nSPS) is 16.0. The van der Waals surface area contributed by atoms with E-state index in [1.165, 1.54) is 6.42 Å². The lowest BCUT2D eigenvalue weighted by atomic mass is 10.0. The highest BCUT2D eigenvalue weighted by Gasteiger charge is 2.15. The van der Waals surface area contributed by atoms with E-state index in [0.717, 1.165) is 42.0 Å². The van der Waals surface area contributed by atoms with Crippen molar-refractivity contribution in [3.63, 3.8) is 0 Å². The number of methoxy groups -OCH3 is 1. The van der Waals surface area contributed by atoms with E-state index < -0.39 is 0 Å². The molecule has 1 heterocycles. The third-order valence-electron chi connectivity index (χ3n) is 4.81. The second kappa shape index (κ2) is 10.2. The first-order valence-electron chi connectivity index (χ1n) is 8.95. The predicted octanol–water partition coefficient (Wildman–Crippen LogP) is 3.79. The Bertz CT molecular complexity index is 680. The van der Waals surface area contributed by atoms with Crippen molar-refractivity contribution >= 4 is 18.3 Å². The van der Waals surface area contributed by atoms with Gasteiger partial charge in [0, 0.05) is 13.0 Å². The Labute approximate surface area is 161 Å². The Balaban J connectivity index is 0.00000243. The average Bonchev–Trinajstić information content (AvgIpc) is 3.19. The van der Waals surface area contributed by atoms with Gasteiger partial charge in [0.1, 0.15) is 5.75 Å². The largest absolute Gasteiger partial charge is 0.497 e. The molecule has 0 spiro atoms. The Morgan fingerprint density at radius 3 is 2.35 bits per heavy atom. The number of halogens is 1. The van der Waals surface area contributed by atoms with E-state index in [1.54, 1.807) is 7.11 Å². The topological polar surface area (TPSA) is 50.4 Å². The highest BCUT2D eigenvalue weighted by Crippen LogP contribution is 2.22. The van der Waals surface area contributed by atoms with Crippen LogP contribution in [0.1, 0.15) is 24.8 Å². The zero-order valence-corrected chi connectivity index (χ0v) is 16.0. The van der Waals surface area contributed by atoms with E-state index in [0.29, 0.717) is 18.9 Å². The molecule has 1 aliphatic heterocycles. The molecule has 0 radical (unpaired) electrons. The van der Waals surface area contributed by atoms with Gasteiger partial charge in [0.2, 0.25) is 5.91 Å². The minimum absolute atomic E-state index is 0. The van der Waals surface area contributed by atoms with Crippen LogP contribution in [-0.4, -0.2) is 26.1 Å². The molecule has 5 heteroatoms. The monoisotopic (exact) mass is 374 g/mol. The number of hydrogen-bond donors (Lipinski definition) is 2. The molecule has 1 amide bonds. The van der Waals surface area contributed by atoms with Gasteiger partial charge in [-0.15, -0.1) is 12.4 Å².